The molecule has 58 heavy (non-hydrogen) atoms. The second kappa shape index (κ2) is 35.2. The van der Waals surface area contributed by atoms with Crippen molar-refractivity contribution in [2.24, 2.45) is 5.92 Å². The Hall–Kier alpha value is -2.56. The fourth-order valence-corrected chi connectivity index (χ4v) is 7.75. The van der Waals surface area contributed by atoms with Crippen LogP contribution in [0.1, 0.15) is 187 Å². The highest BCUT2D eigenvalue weighted by molar-refractivity contribution is 4.95. The molecule has 1 aromatic heterocycles. The molecule has 2 rings (SSSR count). The highest BCUT2D eigenvalue weighted by Crippen LogP contribution is 2.31. The number of aromatic amines is 1. The molecular formula is C49H85N3O6. The summed E-state index contributed by atoms with van der Waals surface area (Å²) in [7, 11) is 3.44. The number of hydrogen-bond acceptors (Lipinski definition) is 7. The zero-order chi connectivity index (χ0) is 41.9. The van der Waals surface area contributed by atoms with Gasteiger partial charge in [-0.05, 0) is 83.0 Å². The molecule has 9 nitrogen and oxygen atoms in total. The maximum atomic E-state index is 12.4. The summed E-state index contributed by atoms with van der Waals surface area (Å²) in [6.07, 6.45) is 49.3. The van der Waals surface area contributed by atoms with E-state index in [9.17, 15) is 14.7 Å². The number of aromatic nitrogens is 2. The van der Waals surface area contributed by atoms with Crippen LogP contribution in [0.2, 0.25) is 0 Å². The monoisotopic (exact) mass is 812 g/mol. The molecule has 0 bridgehead atoms. The second-order valence-corrected chi connectivity index (χ2v) is 16.5. The Morgan fingerprint density at radius 1 is 0.724 bits per heavy atom. The van der Waals surface area contributed by atoms with Crippen molar-refractivity contribution in [3.8, 4) is 0 Å². The van der Waals surface area contributed by atoms with E-state index in [1.165, 1.54) is 178 Å². The van der Waals surface area contributed by atoms with Gasteiger partial charge in [0.05, 0.1) is 6.61 Å². The van der Waals surface area contributed by atoms with Crippen molar-refractivity contribution in [1.82, 2.24) is 14.6 Å². The van der Waals surface area contributed by atoms with Gasteiger partial charge < -0.3 is 14.6 Å². The van der Waals surface area contributed by atoms with Crippen LogP contribution in [0.25, 0.3) is 0 Å². The number of nitrogens with zero attached hydrogens (tertiary/aromatic N) is 2. The van der Waals surface area contributed by atoms with E-state index in [1.807, 2.05) is 12.1 Å². The van der Waals surface area contributed by atoms with Crippen molar-refractivity contribution in [2.75, 3.05) is 27.3 Å². The van der Waals surface area contributed by atoms with E-state index in [1.54, 1.807) is 0 Å². The predicted octanol–water partition coefficient (Wildman–Crippen LogP) is 11.7. The molecule has 0 radical (unpaired) electrons. The van der Waals surface area contributed by atoms with Gasteiger partial charge in [0.15, 0.2) is 6.23 Å². The van der Waals surface area contributed by atoms with Gasteiger partial charge in [-0.25, -0.2) is 4.79 Å². The summed E-state index contributed by atoms with van der Waals surface area (Å²) in [6.45, 7) is 5.46. The van der Waals surface area contributed by atoms with Crippen molar-refractivity contribution < 1.29 is 19.4 Å². The van der Waals surface area contributed by atoms with Gasteiger partial charge in [-0.1, -0.05) is 152 Å². The van der Waals surface area contributed by atoms with Gasteiger partial charge in [0.1, 0.15) is 18.3 Å². The van der Waals surface area contributed by atoms with Crippen LogP contribution in [0.4, 0.5) is 0 Å². The number of rotatable bonds is 37. The third-order valence-electron chi connectivity index (χ3n) is 11.3. The summed E-state index contributed by atoms with van der Waals surface area (Å²) in [4.78, 5) is 32.4. The molecule has 2 N–H and O–H groups in total. The van der Waals surface area contributed by atoms with Gasteiger partial charge in [0.25, 0.3) is 5.56 Å². The SMILES string of the molecule is CCCCC/C=C\C/C=C\CCCCCCCCC(CCCCCCCC/C=C\C/C=C\CCCCC)CN(C)OC[C@H]1O[C@@H](n2ccc(=O)[nH]c2=O)C(OC)C1O. The lowest BCUT2D eigenvalue weighted by Crippen LogP contribution is -2.39. The van der Waals surface area contributed by atoms with Crippen LogP contribution < -0.4 is 11.2 Å². The van der Waals surface area contributed by atoms with E-state index >= 15 is 0 Å². The van der Waals surface area contributed by atoms with Crippen molar-refractivity contribution in [3.05, 3.63) is 81.7 Å². The lowest BCUT2D eigenvalue weighted by molar-refractivity contribution is -0.185. The average molecular weight is 812 g/mol. The Balaban J connectivity index is 1.72. The van der Waals surface area contributed by atoms with Crippen LogP contribution in [0, 0.1) is 5.92 Å². The van der Waals surface area contributed by atoms with E-state index in [0.29, 0.717) is 5.92 Å². The average Bonchev–Trinajstić information content (AvgIpc) is 3.53. The molecule has 2 heterocycles. The number of aliphatic hydroxyl groups is 1. The number of unbranched alkanes of at least 4 members (excludes halogenated alkanes) is 18. The molecule has 0 amide bonds. The Kier molecular flexibility index (Phi) is 31.3. The zero-order valence-corrected chi connectivity index (χ0v) is 37.3. The van der Waals surface area contributed by atoms with Crippen LogP contribution in [-0.2, 0) is 14.3 Å². The maximum Gasteiger partial charge on any atom is 0.330 e. The van der Waals surface area contributed by atoms with E-state index < -0.39 is 35.8 Å². The molecule has 0 aliphatic carbocycles. The number of H-pyrrole nitrogens is 1. The number of ether oxygens (including phenoxy) is 2. The molecular weight excluding hydrogens is 727 g/mol. The Labute approximate surface area is 353 Å². The number of nitrogens with one attached hydrogen (secondary N) is 1. The normalized spacial score (nSPS) is 18.9. The summed E-state index contributed by atoms with van der Waals surface area (Å²) in [5.74, 6) is 0.537. The van der Waals surface area contributed by atoms with Gasteiger partial charge >= 0.3 is 5.69 Å². The Bertz CT molecular complexity index is 1300. The first-order valence-electron chi connectivity index (χ1n) is 23.5. The number of allylic oxidation sites excluding steroid dienone is 8. The number of hydroxylamine groups is 2. The fraction of sp³-hybridized carbons (Fsp3) is 0.755. The minimum atomic E-state index is -0.991. The Morgan fingerprint density at radius 2 is 1.19 bits per heavy atom. The molecule has 1 aliphatic rings. The summed E-state index contributed by atoms with van der Waals surface area (Å²) >= 11 is 0. The van der Waals surface area contributed by atoms with Crippen molar-refractivity contribution in [3.63, 3.8) is 0 Å². The first-order chi connectivity index (χ1) is 28.4. The van der Waals surface area contributed by atoms with E-state index in [2.05, 4.69) is 67.4 Å². The maximum absolute atomic E-state index is 12.4. The van der Waals surface area contributed by atoms with Crippen LogP contribution in [0.5, 0.6) is 0 Å². The van der Waals surface area contributed by atoms with E-state index in [4.69, 9.17) is 14.3 Å². The molecule has 0 spiro atoms. The summed E-state index contributed by atoms with van der Waals surface area (Å²) in [5, 5.41) is 12.9. The minimum Gasteiger partial charge on any atom is -0.387 e. The number of aliphatic hydroxyl groups excluding tert-OH is 1. The highest BCUT2D eigenvalue weighted by Gasteiger charge is 2.45. The molecule has 1 aromatic rings. The smallest absolute Gasteiger partial charge is 0.330 e. The van der Waals surface area contributed by atoms with Crippen LogP contribution >= 0.6 is 0 Å². The van der Waals surface area contributed by atoms with Gasteiger partial charge in [0, 0.05) is 33.0 Å². The molecule has 332 valence electrons. The summed E-state index contributed by atoms with van der Waals surface area (Å²) in [6, 6.07) is 1.26. The fourth-order valence-electron chi connectivity index (χ4n) is 7.75. The van der Waals surface area contributed by atoms with Crippen LogP contribution in [-0.4, -0.2) is 65.3 Å². The third-order valence-corrected chi connectivity index (χ3v) is 11.3. The lowest BCUT2D eigenvalue weighted by atomic mass is 9.94. The molecule has 1 saturated heterocycles. The molecule has 0 saturated carbocycles. The second-order valence-electron chi connectivity index (χ2n) is 16.5. The van der Waals surface area contributed by atoms with Crippen molar-refractivity contribution in [1.29, 1.82) is 0 Å². The molecule has 1 aliphatic heterocycles. The van der Waals surface area contributed by atoms with Gasteiger partial charge in [-0.3, -0.25) is 19.2 Å². The molecule has 2 unspecified atom stereocenters. The number of hydrogen-bond donors (Lipinski definition) is 2. The van der Waals surface area contributed by atoms with Crippen LogP contribution in [0.3, 0.4) is 0 Å². The Morgan fingerprint density at radius 3 is 1.66 bits per heavy atom. The van der Waals surface area contributed by atoms with Gasteiger partial charge in [0.2, 0.25) is 0 Å². The summed E-state index contributed by atoms with van der Waals surface area (Å²) < 4.78 is 12.8. The quantitative estimate of drug-likeness (QED) is 0.0391. The van der Waals surface area contributed by atoms with E-state index in [0.717, 1.165) is 19.4 Å². The first-order valence-corrected chi connectivity index (χ1v) is 23.5. The van der Waals surface area contributed by atoms with E-state index in [-0.39, 0.29) is 6.61 Å². The minimum absolute atomic E-state index is 0.134. The van der Waals surface area contributed by atoms with Crippen LogP contribution in [0.15, 0.2) is 70.5 Å². The largest absolute Gasteiger partial charge is 0.387 e. The van der Waals surface area contributed by atoms with Crippen molar-refractivity contribution >= 4 is 0 Å². The first kappa shape index (κ1) is 51.6. The van der Waals surface area contributed by atoms with Crippen molar-refractivity contribution in [2.45, 2.75) is 205 Å². The molecule has 4 atom stereocenters. The standard InChI is InChI=1S/C49H85N3O6/c1-5-7-9-11-13-15-17-19-21-23-25-27-29-31-33-35-37-43(38-36-34-32-30-28-26-24-22-20-18-16-14-12-10-8-6-2)41-51(3)57-42-44-46(54)47(56-4)48(58-44)52-40-39-45(53)50-49(52)55/h13-16,19-22,39-40,43-44,46-48,54H,5-12,17-18,23-38,41-42H2,1-4H3,(H,50,53,55)/b15-13-,16-14-,21-19-,22-20-/t44-,46?,47?,48-/m1/s1. The number of methoxy groups -OCH3 is 1. The predicted molar refractivity (Wildman–Crippen MR) is 242 cm³/mol. The third kappa shape index (κ3) is 24.5. The molecule has 0 aromatic carbocycles. The molecule has 9 heteroatoms. The molecule has 1 fully saturated rings. The summed E-state index contributed by atoms with van der Waals surface area (Å²) in [5.41, 5.74) is -1.10. The van der Waals surface area contributed by atoms with Gasteiger partial charge in [-0.15, -0.1) is 0 Å². The highest BCUT2D eigenvalue weighted by atomic mass is 16.7. The van der Waals surface area contributed by atoms with Gasteiger partial charge in [-0.2, -0.15) is 5.06 Å². The lowest BCUT2D eigenvalue weighted by Gasteiger charge is -2.25. The zero-order valence-electron chi connectivity index (χ0n) is 37.3. The topological polar surface area (TPSA) is 106 Å².